The van der Waals surface area contributed by atoms with Crippen LogP contribution in [0.15, 0.2) is 29.3 Å². The van der Waals surface area contributed by atoms with Crippen LogP contribution < -0.4 is 4.90 Å². The Kier molecular flexibility index (Phi) is 4.98. The number of rotatable bonds is 3. The normalized spacial score (nSPS) is 21.7. The third kappa shape index (κ3) is 3.43. The van der Waals surface area contributed by atoms with E-state index >= 15 is 0 Å². The minimum absolute atomic E-state index is 0.523. The average Bonchev–Trinajstić information content (AvgIpc) is 2.56. The van der Waals surface area contributed by atoms with Crippen LogP contribution in [0.3, 0.4) is 0 Å². The van der Waals surface area contributed by atoms with Crippen molar-refractivity contribution in [2.75, 3.05) is 37.7 Å². The van der Waals surface area contributed by atoms with Crippen molar-refractivity contribution in [2.24, 2.45) is 4.99 Å². The highest BCUT2D eigenvalue weighted by atomic mass is 16.5. The predicted molar refractivity (Wildman–Crippen MR) is 92.3 cm³/mol. The first-order valence-corrected chi connectivity index (χ1v) is 8.51. The Morgan fingerprint density at radius 2 is 1.82 bits per heavy atom. The standard InChI is InChI=1S/C18H27N3O/c1-15(2)21-10-6-5-9-18(21)19-16-7-3-4-8-17(16)20-11-13-22-14-12-20/h3-4,7-8,15H,5-6,9-14H2,1-2H3. The van der Waals surface area contributed by atoms with Crippen molar-refractivity contribution >= 4 is 17.2 Å². The van der Waals surface area contributed by atoms with E-state index in [4.69, 9.17) is 9.73 Å². The molecule has 4 nitrogen and oxygen atoms in total. The van der Waals surface area contributed by atoms with Crippen LogP contribution in [0.2, 0.25) is 0 Å². The van der Waals surface area contributed by atoms with Crippen LogP contribution in [0.4, 0.5) is 11.4 Å². The maximum atomic E-state index is 5.47. The highest BCUT2D eigenvalue weighted by Gasteiger charge is 2.20. The van der Waals surface area contributed by atoms with Crippen LogP contribution in [0, 0.1) is 0 Å². The van der Waals surface area contributed by atoms with E-state index in [2.05, 4.69) is 47.9 Å². The molecule has 2 aliphatic heterocycles. The van der Waals surface area contributed by atoms with Crippen LogP contribution in [-0.4, -0.2) is 49.6 Å². The minimum atomic E-state index is 0.523. The van der Waals surface area contributed by atoms with Crippen molar-refractivity contribution in [2.45, 2.75) is 39.2 Å². The highest BCUT2D eigenvalue weighted by Crippen LogP contribution is 2.30. The Bertz CT molecular complexity index is 521. The molecule has 3 rings (SSSR count). The molecule has 0 saturated carbocycles. The maximum Gasteiger partial charge on any atom is 0.105 e. The molecule has 0 aromatic heterocycles. The van der Waals surface area contributed by atoms with Crippen molar-refractivity contribution in [1.82, 2.24) is 4.90 Å². The van der Waals surface area contributed by atoms with E-state index in [0.29, 0.717) is 6.04 Å². The van der Waals surface area contributed by atoms with Gasteiger partial charge in [0.25, 0.3) is 0 Å². The number of aliphatic imine (C=N–C) groups is 1. The van der Waals surface area contributed by atoms with Crippen LogP contribution in [0.5, 0.6) is 0 Å². The van der Waals surface area contributed by atoms with Gasteiger partial charge in [-0.25, -0.2) is 4.99 Å². The fourth-order valence-corrected chi connectivity index (χ4v) is 3.28. The van der Waals surface area contributed by atoms with Crippen molar-refractivity contribution in [3.05, 3.63) is 24.3 Å². The SMILES string of the molecule is CC(C)N1CCCCC1=Nc1ccccc1N1CCOCC1. The maximum absolute atomic E-state index is 5.47. The molecule has 120 valence electrons. The van der Waals surface area contributed by atoms with Crippen molar-refractivity contribution < 1.29 is 4.74 Å². The molecule has 0 aliphatic carbocycles. The summed E-state index contributed by atoms with van der Waals surface area (Å²) in [7, 11) is 0. The first-order chi connectivity index (χ1) is 10.8. The first-order valence-electron chi connectivity index (χ1n) is 8.51. The van der Waals surface area contributed by atoms with Gasteiger partial charge in [0, 0.05) is 32.1 Å². The van der Waals surface area contributed by atoms with E-state index in [1.165, 1.54) is 24.4 Å². The fraction of sp³-hybridized carbons (Fsp3) is 0.611. The molecule has 4 heteroatoms. The number of morpholine rings is 1. The van der Waals surface area contributed by atoms with Gasteiger partial charge in [-0.2, -0.15) is 0 Å². The number of para-hydroxylation sites is 2. The number of likely N-dealkylation sites (tertiary alicyclic amines) is 1. The molecule has 0 N–H and O–H groups in total. The third-order valence-electron chi connectivity index (χ3n) is 4.49. The van der Waals surface area contributed by atoms with Crippen molar-refractivity contribution in [3.8, 4) is 0 Å². The largest absolute Gasteiger partial charge is 0.378 e. The van der Waals surface area contributed by atoms with Gasteiger partial charge in [-0.3, -0.25) is 0 Å². The lowest BCUT2D eigenvalue weighted by atomic mass is 10.1. The number of piperidine rings is 1. The summed E-state index contributed by atoms with van der Waals surface area (Å²) in [5.74, 6) is 1.25. The second-order valence-corrected chi connectivity index (χ2v) is 6.36. The Hall–Kier alpha value is -1.55. The molecule has 22 heavy (non-hydrogen) atoms. The molecular weight excluding hydrogens is 274 g/mol. The summed E-state index contributed by atoms with van der Waals surface area (Å²) in [6, 6.07) is 9.05. The van der Waals surface area contributed by atoms with Gasteiger partial charge in [0.05, 0.1) is 24.6 Å². The molecular formula is C18H27N3O. The lowest BCUT2D eigenvalue weighted by molar-refractivity contribution is 0.123. The van der Waals surface area contributed by atoms with E-state index < -0.39 is 0 Å². The molecule has 0 amide bonds. The van der Waals surface area contributed by atoms with Crippen LogP contribution >= 0.6 is 0 Å². The molecule has 2 fully saturated rings. The minimum Gasteiger partial charge on any atom is -0.378 e. The molecule has 0 spiro atoms. The van der Waals surface area contributed by atoms with Gasteiger partial charge < -0.3 is 14.5 Å². The second kappa shape index (κ2) is 7.14. The molecule has 0 atom stereocenters. The van der Waals surface area contributed by atoms with Gasteiger partial charge in [-0.1, -0.05) is 12.1 Å². The summed E-state index contributed by atoms with van der Waals surface area (Å²) in [6.45, 7) is 9.18. The van der Waals surface area contributed by atoms with Crippen molar-refractivity contribution in [3.63, 3.8) is 0 Å². The quantitative estimate of drug-likeness (QED) is 0.856. The number of benzene rings is 1. The third-order valence-corrected chi connectivity index (χ3v) is 4.49. The Labute approximate surface area is 133 Å². The number of amidine groups is 1. The zero-order valence-corrected chi connectivity index (χ0v) is 13.8. The summed E-state index contributed by atoms with van der Waals surface area (Å²) < 4.78 is 5.47. The van der Waals surface area contributed by atoms with E-state index in [1.807, 2.05) is 0 Å². The van der Waals surface area contributed by atoms with Crippen LogP contribution in [-0.2, 0) is 4.74 Å². The fourth-order valence-electron chi connectivity index (χ4n) is 3.28. The monoisotopic (exact) mass is 301 g/mol. The molecule has 0 unspecified atom stereocenters. The summed E-state index contributed by atoms with van der Waals surface area (Å²) in [5.41, 5.74) is 2.35. The lowest BCUT2D eigenvalue weighted by Crippen LogP contribution is -2.40. The zero-order chi connectivity index (χ0) is 15.4. The number of anilines is 1. The summed E-state index contributed by atoms with van der Waals surface area (Å²) in [6.07, 6.45) is 3.62. The van der Waals surface area contributed by atoms with E-state index in [-0.39, 0.29) is 0 Å². The van der Waals surface area contributed by atoms with Gasteiger partial charge in [0.15, 0.2) is 0 Å². The topological polar surface area (TPSA) is 28.1 Å². The smallest absolute Gasteiger partial charge is 0.105 e. The molecule has 2 aliphatic rings. The summed E-state index contributed by atoms with van der Waals surface area (Å²) in [4.78, 5) is 9.91. The number of nitrogens with zero attached hydrogens (tertiary/aromatic N) is 3. The molecule has 1 aromatic rings. The molecule has 2 heterocycles. The van der Waals surface area contributed by atoms with Crippen molar-refractivity contribution in [1.29, 1.82) is 0 Å². The van der Waals surface area contributed by atoms with Gasteiger partial charge in [-0.15, -0.1) is 0 Å². The molecule has 0 bridgehead atoms. The molecule has 2 saturated heterocycles. The van der Waals surface area contributed by atoms with Gasteiger partial charge in [-0.05, 0) is 38.8 Å². The van der Waals surface area contributed by atoms with Crippen LogP contribution in [0.1, 0.15) is 33.1 Å². The lowest BCUT2D eigenvalue weighted by Gasteiger charge is -2.34. The van der Waals surface area contributed by atoms with Gasteiger partial charge in [0.2, 0.25) is 0 Å². The highest BCUT2D eigenvalue weighted by molar-refractivity contribution is 5.87. The number of ether oxygens (including phenoxy) is 1. The molecule has 0 radical (unpaired) electrons. The average molecular weight is 301 g/mol. The summed E-state index contributed by atoms with van der Waals surface area (Å²) in [5, 5.41) is 0. The number of hydrogen-bond acceptors (Lipinski definition) is 3. The van der Waals surface area contributed by atoms with E-state index in [0.717, 1.165) is 45.0 Å². The first kappa shape index (κ1) is 15.3. The zero-order valence-electron chi connectivity index (χ0n) is 13.8. The second-order valence-electron chi connectivity index (χ2n) is 6.36. The van der Waals surface area contributed by atoms with E-state index in [1.54, 1.807) is 0 Å². The van der Waals surface area contributed by atoms with Gasteiger partial charge >= 0.3 is 0 Å². The predicted octanol–water partition coefficient (Wildman–Crippen LogP) is 3.45. The van der Waals surface area contributed by atoms with Crippen LogP contribution in [0.25, 0.3) is 0 Å². The van der Waals surface area contributed by atoms with E-state index in [9.17, 15) is 0 Å². The number of hydrogen-bond donors (Lipinski definition) is 0. The Morgan fingerprint density at radius 1 is 1.05 bits per heavy atom. The Morgan fingerprint density at radius 3 is 2.59 bits per heavy atom. The summed E-state index contributed by atoms with van der Waals surface area (Å²) >= 11 is 0. The Balaban J connectivity index is 1.88. The molecule has 1 aromatic carbocycles. The van der Waals surface area contributed by atoms with Gasteiger partial charge in [0.1, 0.15) is 5.84 Å².